The van der Waals surface area contributed by atoms with Crippen LogP contribution in [0, 0.1) is 0 Å². The Morgan fingerprint density at radius 1 is 1.20 bits per heavy atom. The molecular weight excluding hydrogens is 431 g/mol. The molecule has 0 amide bonds. The first-order valence-corrected chi connectivity index (χ1v) is 8.75. The van der Waals surface area contributed by atoms with Crippen LogP contribution >= 0.6 is 24.0 Å². The van der Waals surface area contributed by atoms with Gasteiger partial charge in [-0.1, -0.05) is 19.9 Å². The highest BCUT2D eigenvalue weighted by Gasteiger charge is 2.13. The van der Waals surface area contributed by atoms with Crippen LogP contribution in [0.25, 0.3) is 0 Å². The highest BCUT2D eigenvalue weighted by atomic mass is 127. The predicted molar refractivity (Wildman–Crippen MR) is 113 cm³/mol. The Balaban J connectivity index is 0.00000312. The van der Waals surface area contributed by atoms with E-state index in [2.05, 4.69) is 47.4 Å². The summed E-state index contributed by atoms with van der Waals surface area (Å²) in [6, 6.07) is 6.57. The minimum Gasteiger partial charge on any atom is -0.454 e. The molecular formula is C18H31IN4O2. The van der Waals surface area contributed by atoms with Crippen LogP contribution in [0.3, 0.4) is 0 Å². The first-order valence-electron chi connectivity index (χ1n) is 8.75. The second-order valence-corrected chi connectivity index (χ2v) is 5.89. The summed E-state index contributed by atoms with van der Waals surface area (Å²) in [6.07, 6.45) is 0.906. The molecule has 7 heteroatoms. The van der Waals surface area contributed by atoms with E-state index in [0.29, 0.717) is 12.8 Å². The number of guanidine groups is 1. The van der Waals surface area contributed by atoms with Crippen molar-refractivity contribution >= 4 is 29.9 Å². The van der Waals surface area contributed by atoms with Gasteiger partial charge in [-0.2, -0.15) is 0 Å². The van der Waals surface area contributed by atoms with Crippen LogP contribution in [0.1, 0.15) is 26.3 Å². The van der Waals surface area contributed by atoms with E-state index >= 15 is 0 Å². The van der Waals surface area contributed by atoms with E-state index in [4.69, 9.17) is 9.47 Å². The van der Waals surface area contributed by atoms with Crippen molar-refractivity contribution < 1.29 is 9.47 Å². The molecule has 1 aromatic carbocycles. The largest absolute Gasteiger partial charge is 0.454 e. The number of ether oxygens (including phenoxy) is 2. The fraction of sp³-hybridized carbons (Fsp3) is 0.611. The molecule has 1 aliphatic rings. The van der Waals surface area contributed by atoms with Gasteiger partial charge in [0.1, 0.15) is 0 Å². The maximum absolute atomic E-state index is 5.41. The molecule has 1 heterocycles. The Morgan fingerprint density at radius 3 is 2.60 bits per heavy atom. The van der Waals surface area contributed by atoms with E-state index in [9.17, 15) is 0 Å². The van der Waals surface area contributed by atoms with E-state index in [1.54, 1.807) is 7.05 Å². The average molecular weight is 462 g/mol. The van der Waals surface area contributed by atoms with Crippen molar-refractivity contribution in [2.45, 2.75) is 33.2 Å². The van der Waals surface area contributed by atoms with Crippen molar-refractivity contribution in [1.29, 1.82) is 0 Å². The molecule has 142 valence electrons. The SMILES string of the molecule is CCN(CC)C(C)CNC(=NC)NCCc1ccc2c(c1)OCO2.I. The number of hydrogen-bond donors (Lipinski definition) is 2. The van der Waals surface area contributed by atoms with Gasteiger partial charge in [0.25, 0.3) is 0 Å². The monoisotopic (exact) mass is 462 g/mol. The van der Waals surface area contributed by atoms with Crippen LogP contribution in [-0.2, 0) is 6.42 Å². The van der Waals surface area contributed by atoms with Crippen molar-refractivity contribution in [1.82, 2.24) is 15.5 Å². The Bertz CT molecular complexity index is 550. The van der Waals surface area contributed by atoms with Gasteiger partial charge in [-0.3, -0.25) is 9.89 Å². The van der Waals surface area contributed by atoms with Crippen molar-refractivity contribution in [2.75, 3.05) is 40.0 Å². The van der Waals surface area contributed by atoms with Crippen molar-refractivity contribution in [3.8, 4) is 11.5 Å². The topological polar surface area (TPSA) is 58.1 Å². The summed E-state index contributed by atoms with van der Waals surface area (Å²) in [4.78, 5) is 6.71. The summed E-state index contributed by atoms with van der Waals surface area (Å²) in [5.74, 6) is 2.51. The van der Waals surface area contributed by atoms with E-state index in [0.717, 1.165) is 50.1 Å². The zero-order chi connectivity index (χ0) is 17.4. The average Bonchev–Trinajstić information content (AvgIpc) is 3.06. The van der Waals surface area contributed by atoms with Crippen LogP contribution in [-0.4, -0.2) is 56.9 Å². The normalized spacial score (nSPS) is 14.2. The zero-order valence-corrected chi connectivity index (χ0v) is 18.0. The highest BCUT2D eigenvalue weighted by Crippen LogP contribution is 2.32. The molecule has 1 aromatic rings. The van der Waals surface area contributed by atoms with Crippen LogP contribution in [0.2, 0.25) is 0 Å². The third-order valence-electron chi connectivity index (χ3n) is 4.37. The van der Waals surface area contributed by atoms with Gasteiger partial charge >= 0.3 is 0 Å². The molecule has 1 aliphatic heterocycles. The van der Waals surface area contributed by atoms with Crippen LogP contribution in [0.5, 0.6) is 11.5 Å². The lowest BCUT2D eigenvalue weighted by molar-refractivity contribution is 0.174. The number of nitrogens with one attached hydrogen (secondary N) is 2. The summed E-state index contributed by atoms with van der Waals surface area (Å²) in [7, 11) is 1.80. The van der Waals surface area contributed by atoms with Gasteiger partial charge < -0.3 is 20.1 Å². The lowest BCUT2D eigenvalue weighted by atomic mass is 10.1. The van der Waals surface area contributed by atoms with Crippen LogP contribution in [0.4, 0.5) is 0 Å². The summed E-state index contributed by atoms with van der Waals surface area (Å²) in [6.45, 7) is 10.8. The lowest BCUT2D eigenvalue weighted by Gasteiger charge is -2.27. The van der Waals surface area contributed by atoms with Crippen LogP contribution in [0.15, 0.2) is 23.2 Å². The number of halogens is 1. The van der Waals surface area contributed by atoms with Gasteiger partial charge in [-0.25, -0.2) is 0 Å². The number of aliphatic imine (C=N–C) groups is 1. The summed E-state index contributed by atoms with van der Waals surface area (Å²) in [5.41, 5.74) is 1.22. The molecule has 1 unspecified atom stereocenters. The van der Waals surface area contributed by atoms with Gasteiger partial charge in [0.15, 0.2) is 17.5 Å². The summed E-state index contributed by atoms with van der Waals surface area (Å²) >= 11 is 0. The second-order valence-electron chi connectivity index (χ2n) is 5.89. The van der Waals surface area contributed by atoms with Crippen molar-refractivity contribution in [2.24, 2.45) is 4.99 Å². The molecule has 0 spiro atoms. The molecule has 2 rings (SSSR count). The third kappa shape index (κ3) is 6.54. The smallest absolute Gasteiger partial charge is 0.231 e. The molecule has 2 N–H and O–H groups in total. The molecule has 25 heavy (non-hydrogen) atoms. The zero-order valence-electron chi connectivity index (χ0n) is 15.7. The molecule has 0 aromatic heterocycles. The minimum absolute atomic E-state index is 0. The molecule has 0 bridgehead atoms. The molecule has 0 fully saturated rings. The molecule has 0 radical (unpaired) electrons. The minimum atomic E-state index is 0. The van der Waals surface area contributed by atoms with Gasteiger partial charge in [-0.05, 0) is 44.1 Å². The first-order chi connectivity index (χ1) is 11.7. The Morgan fingerprint density at radius 2 is 1.92 bits per heavy atom. The Labute approximate surface area is 168 Å². The van der Waals surface area contributed by atoms with E-state index in [-0.39, 0.29) is 24.0 Å². The molecule has 0 saturated heterocycles. The Kier molecular flexibility index (Phi) is 9.96. The maximum atomic E-state index is 5.41. The number of fused-ring (bicyclic) bond motifs is 1. The standard InChI is InChI=1S/C18H30N4O2.HI/c1-5-22(6-2)14(3)12-21-18(19-4)20-10-9-15-7-8-16-17(11-15)24-13-23-16;/h7-8,11,14H,5-6,9-10,12-13H2,1-4H3,(H2,19,20,21);1H. The number of rotatable bonds is 8. The first kappa shape index (κ1) is 21.8. The van der Waals surface area contributed by atoms with Crippen LogP contribution < -0.4 is 20.1 Å². The second kappa shape index (κ2) is 11.4. The van der Waals surface area contributed by atoms with E-state index < -0.39 is 0 Å². The van der Waals surface area contributed by atoms with Crippen molar-refractivity contribution in [3.63, 3.8) is 0 Å². The predicted octanol–water partition coefficient (Wildman–Crippen LogP) is 2.47. The summed E-state index contributed by atoms with van der Waals surface area (Å²) in [5, 5.41) is 6.76. The van der Waals surface area contributed by atoms with Gasteiger partial charge in [0.05, 0.1) is 0 Å². The number of hydrogen-bond acceptors (Lipinski definition) is 4. The van der Waals surface area contributed by atoms with E-state index in [1.807, 2.05) is 12.1 Å². The molecule has 6 nitrogen and oxygen atoms in total. The van der Waals surface area contributed by atoms with Gasteiger partial charge in [0.2, 0.25) is 6.79 Å². The maximum Gasteiger partial charge on any atom is 0.231 e. The quantitative estimate of drug-likeness (QED) is 0.353. The molecule has 0 aliphatic carbocycles. The molecule has 1 atom stereocenters. The highest BCUT2D eigenvalue weighted by molar-refractivity contribution is 14.0. The van der Waals surface area contributed by atoms with Gasteiger partial charge in [-0.15, -0.1) is 24.0 Å². The third-order valence-corrected chi connectivity index (χ3v) is 4.37. The Hall–Kier alpha value is -1.22. The molecule has 0 saturated carbocycles. The fourth-order valence-corrected chi connectivity index (χ4v) is 2.86. The van der Waals surface area contributed by atoms with E-state index in [1.165, 1.54) is 5.56 Å². The number of likely N-dealkylation sites (N-methyl/N-ethyl adjacent to an activating group) is 1. The number of nitrogens with zero attached hydrogens (tertiary/aromatic N) is 2. The summed E-state index contributed by atoms with van der Waals surface area (Å²) < 4.78 is 10.7. The van der Waals surface area contributed by atoms with Crippen molar-refractivity contribution in [3.05, 3.63) is 23.8 Å². The number of benzene rings is 1. The van der Waals surface area contributed by atoms with Gasteiger partial charge in [0, 0.05) is 26.2 Å². The fourth-order valence-electron chi connectivity index (χ4n) is 2.86. The lowest BCUT2D eigenvalue weighted by Crippen LogP contribution is -2.46.